The highest BCUT2D eigenvalue weighted by atomic mass is 16.5. The van der Waals surface area contributed by atoms with E-state index >= 15 is 0 Å². The van der Waals surface area contributed by atoms with Gasteiger partial charge >= 0.3 is 5.69 Å². The molecule has 9 nitrogen and oxygen atoms in total. The third kappa shape index (κ3) is 4.56. The van der Waals surface area contributed by atoms with Gasteiger partial charge in [0.2, 0.25) is 5.91 Å². The molecule has 0 spiro atoms. The Labute approximate surface area is 175 Å². The maximum Gasteiger partial charge on any atom is 0.333 e. The predicted molar refractivity (Wildman–Crippen MR) is 117 cm³/mol. The summed E-state index contributed by atoms with van der Waals surface area (Å²) in [5, 5.41) is 2.77. The van der Waals surface area contributed by atoms with Gasteiger partial charge in [-0.25, -0.2) is 9.36 Å². The van der Waals surface area contributed by atoms with Crippen molar-refractivity contribution in [2.24, 2.45) is 0 Å². The number of nitrogens with two attached hydrogens (primary N) is 1. The summed E-state index contributed by atoms with van der Waals surface area (Å²) >= 11 is 0. The minimum absolute atomic E-state index is 0.125. The van der Waals surface area contributed by atoms with Crippen molar-refractivity contribution in [1.82, 2.24) is 9.13 Å². The molecular formula is C21H29N5O4. The number of aromatic nitrogens is 2. The Morgan fingerprint density at radius 1 is 1.13 bits per heavy atom. The smallest absolute Gasteiger partial charge is 0.333 e. The normalized spacial score (nSPS) is 14.0. The standard InChI is InChI=1S/C21H29N5O4/c1-15-8-4-5-9-16(15)23-17(27)14-26-20(28)18(24-10-6-3-7-11-24)19(22)25(21(26)29)12-13-30-2/h4-5,8-9H,3,6-7,10-14,22H2,1-2H3,(H,23,27). The van der Waals surface area contributed by atoms with Crippen LogP contribution in [0.2, 0.25) is 0 Å². The molecule has 0 saturated carbocycles. The lowest BCUT2D eigenvalue weighted by Gasteiger charge is -2.30. The van der Waals surface area contributed by atoms with E-state index in [0.29, 0.717) is 18.8 Å². The quantitative estimate of drug-likeness (QED) is 0.702. The van der Waals surface area contributed by atoms with Crippen molar-refractivity contribution >= 4 is 23.1 Å². The van der Waals surface area contributed by atoms with E-state index < -0.39 is 17.2 Å². The molecule has 1 aliphatic heterocycles. The summed E-state index contributed by atoms with van der Waals surface area (Å²) in [7, 11) is 1.53. The van der Waals surface area contributed by atoms with Crippen LogP contribution in [0.3, 0.4) is 0 Å². The number of methoxy groups -OCH3 is 1. The van der Waals surface area contributed by atoms with E-state index in [2.05, 4.69) is 5.32 Å². The number of aryl methyl sites for hydroxylation is 1. The van der Waals surface area contributed by atoms with Gasteiger partial charge in [0, 0.05) is 25.9 Å². The van der Waals surface area contributed by atoms with E-state index in [9.17, 15) is 14.4 Å². The van der Waals surface area contributed by atoms with Crippen LogP contribution >= 0.6 is 0 Å². The number of rotatable bonds is 7. The average Bonchev–Trinajstić information content (AvgIpc) is 2.74. The summed E-state index contributed by atoms with van der Waals surface area (Å²) < 4.78 is 7.37. The molecule has 0 radical (unpaired) electrons. The zero-order chi connectivity index (χ0) is 21.7. The largest absolute Gasteiger partial charge is 0.383 e. The Kier molecular flexibility index (Phi) is 6.94. The van der Waals surface area contributed by atoms with Crippen LogP contribution in [0.4, 0.5) is 17.2 Å². The predicted octanol–water partition coefficient (Wildman–Crippen LogP) is 1.18. The van der Waals surface area contributed by atoms with Crippen LogP contribution in [0.1, 0.15) is 24.8 Å². The van der Waals surface area contributed by atoms with Crippen LogP contribution in [0.5, 0.6) is 0 Å². The molecule has 0 unspecified atom stereocenters. The molecule has 1 saturated heterocycles. The first-order chi connectivity index (χ1) is 14.4. The van der Waals surface area contributed by atoms with Crippen LogP contribution in [0.25, 0.3) is 0 Å². The van der Waals surface area contributed by atoms with Crippen molar-refractivity contribution in [3.05, 3.63) is 50.7 Å². The van der Waals surface area contributed by atoms with Gasteiger partial charge < -0.3 is 20.7 Å². The molecular weight excluding hydrogens is 386 g/mol. The van der Waals surface area contributed by atoms with Gasteiger partial charge in [0.1, 0.15) is 18.1 Å². The van der Waals surface area contributed by atoms with Gasteiger partial charge in [0.05, 0.1) is 13.2 Å². The molecule has 1 aromatic heterocycles. The van der Waals surface area contributed by atoms with Crippen LogP contribution in [0, 0.1) is 6.92 Å². The molecule has 0 aliphatic carbocycles. The van der Waals surface area contributed by atoms with Crippen molar-refractivity contribution in [2.75, 3.05) is 42.8 Å². The first-order valence-electron chi connectivity index (χ1n) is 10.2. The highest BCUT2D eigenvalue weighted by molar-refractivity contribution is 5.91. The summed E-state index contributed by atoms with van der Waals surface area (Å²) in [5.41, 5.74) is 6.92. The summed E-state index contributed by atoms with van der Waals surface area (Å²) in [5.74, 6) is -0.323. The van der Waals surface area contributed by atoms with Crippen LogP contribution in [-0.4, -0.2) is 41.8 Å². The molecule has 3 rings (SSSR count). The summed E-state index contributed by atoms with van der Waals surface area (Å²) in [6, 6.07) is 7.32. The van der Waals surface area contributed by atoms with E-state index in [4.69, 9.17) is 10.5 Å². The number of carbonyl (C=O) groups is 1. The number of nitrogens with zero attached hydrogens (tertiary/aromatic N) is 3. The van der Waals surface area contributed by atoms with E-state index in [0.717, 1.165) is 29.4 Å². The minimum Gasteiger partial charge on any atom is -0.383 e. The highest BCUT2D eigenvalue weighted by Crippen LogP contribution is 2.21. The molecule has 9 heteroatoms. The fraction of sp³-hybridized carbons (Fsp3) is 0.476. The topological polar surface area (TPSA) is 112 Å². The summed E-state index contributed by atoms with van der Waals surface area (Å²) in [4.78, 5) is 40.8. The molecule has 162 valence electrons. The van der Waals surface area contributed by atoms with Gasteiger partial charge in [-0.2, -0.15) is 0 Å². The SMILES string of the molecule is COCCn1c(N)c(N2CCCCC2)c(=O)n(CC(=O)Nc2ccccc2C)c1=O. The van der Waals surface area contributed by atoms with Gasteiger partial charge in [0.25, 0.3) is 5.56 Å². The number of benzene rings is 1. The van der Waals surface area contributed by atoms with E-state index in [1.165, 1.54) is 11.7 Å². The lowest BCUT2D eigenvalue weighted by molar-refractivity contribution is -0.116. The fourth-order valence-corrected chi connectivity index (χ4v) is 3.70. The average molecular weight is 415 g/mol. The second-order valence-corrected chi connectivity index (χ2v) is 7.46. The lowest BCUT2D eigenvalue weighted by Crippen LogP contribution is -2.47. The third-order valence-corrected chi connectivity index (χ3v) is 5.36. The van der Waals surface area contributed by atoms with E-state index in [1.807, 2.05) is 30.0 Å². The molecule has 2 heterocycles. The Morgan fingerprint density at radius 2 is 1.83 bits per heavy atom. The number of ether oxygens (including phenoxy) is 1. The summed E-state index contributed by atoms with van der Waals surface area (Å²) in [6.07, 6.45) is 2.99. The Balaban J connectivity index is 1.99. The van der Waals surface area contributed by atoms with Crippen molar-refractivity contribution in [1.29, 1.82) is 0 Å². The monoisotopic (exact) mass is 415 g/mol. The molecule has 30 heavy (non-hydrogen) atoms. The van der Waals surface area contributed by atoms with Crippen LogP contribution in [0.15, 0.2) is 33.9 Å². The molecule has 1 aromatic carbocycles. The molecule has 0 bridgehead atoms. The Morgan fingerprint density at radius 3 is 2.50 bits per heavy atom. The molecule has 1 fully saturated rings. The van der Waals surface area contributed by atoms with Crippen molar-refractivity contribution in [2.45, 2.75) is 39.3 Å². The number of amides is 1. The number of nitrogens with one attached hydrogen (secondary N) is 1. The molecule has 0 atom stereocenters. The Bertz CT molecular complexity index is 1020. The highest BCUT2D eigenvalue weighted by Gasteiger charge is 2.24. The molecule has 1 amide bonds. The maximum absolute atomic E-state index is 13.2. The number of hydrogen-bond donors (Lipinski definition) is 2. The number of piperidine rings is 1. The number of nitrogen functional groups attached to an aromatic ring is 1. The van der Waals surface area contributed by atoms with Gasteiger partial charge in [-0.05, 0) is 37.8 Å². The number of anilines is 3. The van der Waals surface area contributed by atoms with Crippen molar-refractivity contribution in [3.8, 4) is 0 Å². The number of hydrogen-bond acceptors (Lipinski definition) is 6. The van der Waals surface area contributed by atoms with Gasteiger partial charge in [-0.15, -0.1) is 0 Å². The third-order valence-electron chi connectivity index (χ3n) is 5.36. The Hall–Kier alpha value is -3.07. The zero-order valence-electron chi connectivity index (χ0n) is 17.5. The first-order valence-corrected chi connectivity index (χ1v) is 10.2. The van der Waals surface area contributed by atoms with E-state index in [1.54, 1.807) is 6.07 Å². The number of carbonyl (C=O) groups excluding carboxylic acids is 1. The van der Waals surface area contributed by atoms with Gasteiger partial charge in [-0.3, -0.25) is 14.2 Å². The summed E-state index contributed by atoms with van der Waals surface area (Å²) in [6.45, 7) is 3.32. The molecule has 2 aromatic rings. The van der Waals surface area contributed by atoms with Crippen molar-refractivity contribution < 1.29 is 9.53 Å². The lowest BCUT2D eigenvalue weighted by atomic mass is 10.1. The fourth-order valence-electron chi connectivity index (χ4n) is 3.70. The second-order valence-electron chi connectivity index (χ2n) is 7.46. The zero-order valence-corrected chi connectivity index (χ0v) is 17.5. The van der Waals surface area contributed by atoms with E-state index in [-0.39, 0.29) is 31.2 Å². The van der Waals surface area contributed by atoms with Gasteiger partial charge in [0.15, 0.2) is 0 Å². The maximum atomic E-state index is 13.2. The van der Waals surface area contributed by atoms with Gasteiger partial charge in [-0.1, -0.05) is 18.2 Å². The first kappa shape index (κ1) is 21.6. The molecule has 3 N–H and O–H groups in total. The number of para-hydroxylation sites is 1. The van der Waals surface area contributed by atoms with Crippen LogP contribution < -0.4 is 27.2 Å². The van der Waals surface area contributed by atoms with Crippen molar-refractivity contribution in [3.63, 3.8) is 0 Å². The minimum atomic E-state index is -0.616. The van der Waals surface area contributed by atoms with Crippen LogP contribution in [-0.2, 0) is 22.6 Å². The second kappa shape index (κ2) is 9.62. The molecule has 1 aliphatic rings.